The molecule has 0 aromatic heterocycles. The van der Waals surface area contributed by atoms with Crippen LogP contribution in [0.1, 0.15) is 0 Å². The van der Waals surface area contributed by atoms with Gasteiger partial charge in [-0.1, -0.05) is 5.11 Å². The van der Waals surface area contributed by atoms with Gasteiger partial charge in [-0.3, -0.25) is 0 Å². The first-order valence-corrected chi connectivity index (χ1v) is 2.94. The van der Waals surface area contributed by atoms with Gasteiger partial charge < -0.3 is 5.73 Å². The number of nitrogen functional groups attached to an aromatic ring is 1. The predicted molar refractivity (Wildman–Crippen MR) is 39.6 cm³/mol. The topological polar surface area (TPSA) is 74.8 Å². The summed E-state index contributed by atoms with van der Waals surface area (Å²) in [6, 6.07) is 1.48. The van der Waals surface area contributed by atoms with Gasteiger partial charge in [-0.2, -0.15) is 0 Å². The molecule has 1 aromatic rings. The molecule has 0 aliphatic rings. The molecule has 0 unspecified atom stereocenters. The molecule has 0 aliphatic carbocycles. The molecule has 2 N–H and O–H groups in total. The summed E-state index contributed by atoms with van der Waals surface area (Å²) in [5.41, 5.74) is 12.5. The first-order chi connectivity index (χ1) is 5.65. The van der Waals surface area contributed by atoms with Gasteiger partial charge in [-0.25, -0.2) is 8.78 Å². The van der Waals surface area contributed by atoms with Crippen LogP contribution in [0.25, 0.3) is 10.4 Å². The van der Waals surface area contributed by atoms with Crippen molar-refractivity contribution in [1.82, 2.24) is 0 Å². The second kappa shape index (κ2) is 3.06. The lowest BCUT2D eigenvalue weighted by molar-refractivity contribution is 0.587. The third kappa shape index (κ3) is 1.43. The molecule has 0 bridgehead atoms. The van der Waals surface area contributed by atoms with Crippen molar-refractivity contribution in [3.05, 3.63) is 34.2 Å². The van der Waals surface area contributed by atoms with Crippen LogP contribution in [0.2, 0.25) is 0 Å². The lowest BCUT2D eigenvalue weighted by Gasteiger charge is -1.99. The molecule has 62 valence electrons. The highest BCUT2D eigenvalue weighted by Gasteiger charge is 2.05. The molecule has 1 rings (SSSR count). The molecule has 1 aromatic carbocycles. The van der Waals surface area contributed by atoms with Gasteiger partial charge in [0.05, 0.1) is 11.4 Å². The summed E-state index contributed by atoms with van der Waals surface area (Å²) in [4.78, 5) is 2.36. The average Bonchev–Trinajstić information content (AvgIpc) is 2.00. The third-order valence-corrected chi connectivity index (χ3v) is 1.22. The Hall–Kier alpha value is -1.81. The molecule has 0 radical (unpaired) electrons. The number of azide groups is 1. The van der Waals surface area contributed by atoms with Crippen LogP contribution < -0.4 is 5.73 Å². The number of anilines is 1. The summed E-state index contributed by atoms with van der Waals surface area (Å²) in [6.07, 6.45) is 0. The third-order valence-electron chi connectivity index (χ3n) is 1.22. The Balaban J connectivity index is 3.36. The molecular formula is C6H4F2N4. The van der Waals surface area contributed by atoms with E-state index in [2.05, 4.69) is 10.0 Å². The summed E-state index contributed by atoms with van der Waals surface area (Å²) in [5.74, 6) is -1.76. The van der Waals surface area contributed by atoms with Gasteiger partial charge in [0.25, 0.3) is 0 Å². The van der Waals surface area contributed by atoms with E-state index in [1.165, 1.54) is 0 Å². The number of nitrogens with two attached hydrogens (primary N) is 1. The summed E-state index contributed by atoms with van der Waals surface area (Å²) < 4.78 is 25.1. The summed E-state index contributed by atoms with van der Waals surface area (Å²) in [7, 11) is 0. The molecular weight excluding hydrogens is 166 g/mol. The van der Waals surface area contributed by atoms with Crippen LogP contribution in [-0.2, 0) is 0 Å². The Morgan fingerprint density at radius 2 is 2.08 bits per heavy atom. The highest BCUT2D eigenvalue weighted by atomic mass is 19.1. The first-order valence-electron chi connectivity index (χ1n) is 2.94. The molecule has 0 spiro atoms. The van der Waals surface area contributed by atoms with Gasteiger partial charge in [0.15, 0.2) is 0 Å². The van der Waals surface area contributed by atoms with E-state index in [9.17, 15) is 8.78 Å². The summed E-state index contributed by atoms with van der Waals surface area (Å²) in [5, 5.41) is 3.00. The quantitative estimate of drug-likeness (QED) is 0.299. The summed E-state index contributed by atoms with van der Waals surface area (Å²) in [6.45, 7) is 0. The Bertz CT molecular complexity index is 357. The van der Waals surface area contributed by atoms with Crippen LogP contribution in [0.3, 0.4) is 0 Å². The molecule has 0 fully saturated rings. The number of rotatable bonds is 1. The van der Waals surface area contributed by atoms with Gasteiger partial charge in [0.2, 0.25) is 0 Å². The normalized spacial score (nSPS) is 9.17. The maximum absolute atomic E-state index is 12.6. The van der Waals surface area contributed by atoms with Gasteiger partial charge in [-0.05, 0) is 11.6 Å². The Labute approximate surface area is 66.2 Å². The van der Waals surface area contributed by atoms with Crippen molar-refractivity contribution in [2.24, 2.45) is 5.11 Å². The molecule has 0 atom stereocenters. The van der Waals surface area contributed by atoms with Crippen molar-refractivity contribution in [2.75, 3.05) is 5.73 Å². The van der Waals surface area contributed by atoms with Crippen LogP contribution >= 0.6 is 0 Å². The van der Waals surface area contributed by atoms with Crippen LogP contribution in [-0.4, -0.2) is 0 Å². The SMILES string of the molecule is [N-]=[N+]=Nc1cc(F)cc(F)c1N. The van der Waals surface area contributed by atoms with E-state index in [-0.39, 0.29) is 11.4 Å². The van der Waals surface area contributed by atoms with Crippen LogP contribution in [0, 0.1) is 11.6 Å². The minimum absolute atomic E-state index is 0.241. The Morgan fingerprint density at radius 3 is 2.67 bits per heavy atom. The van der Waals surface area contributed by atoms with Gasteiger partial charge in [0.1, 0.15) is 11.6 Å². The fraction of sp³-hybridized carbons (Fsp3) is 0. The van der Waals surface area contributed by atoms with E-state index in [4.69, 9.17) is 11.3 Å². The van der Waals surface area contributed by atoms with Crippen molar-refractivity contribution in [3.8, 4) is 0 Å². The maximum Gasteiger partial charge on any atom is 0.149 e. The van der Waals surface area contributed by atoms with Crippen molar-refractivity contribution in [3.63, 3.8) is 0 Å². The van der Waals surface area contributed by atoms with Crippen molar-refractivity contribution < 1.29 is 8.78 Å². The number of benzene rings is 1. The maximum atomic E-state index is 12.6. The van der Waals surface area contributed by atoms with Crippen LogP contribution in [0.4, 0.5) is 20.2 Å². The molecule has 0 heterocycles. The van der Waals surface area contributed by atoms with Gasteiger partial charge in [-0.15, -0.1) is 0 Å². The van der Waals surface area contributed by atoms with E-state index >= 15 is 0 Å². The van der Waals surface area contributed by atoms with E-state index < -0.39 is 11.6 Å². The Morgan fingerprint density at radius 1 is 1.42 bits per heavy atom. The highest BCUT2D eigenvalue weighted by Crippen LogP contribution is 2.25. The molecule has 0 saturated heterocycles. The molecule has 0 saturated carbocycles. The zero-order chi connectivity index (χ0) is 9.14. The Kier molecular flexibility index (Phi) is 2.11. The molecule has 12 heavy (non-hydrogen) atoms. The lowest BCUT2D eigenvalue weighted by atomic mass is 10.2. The zero-order valence-electron chi connectivity index (χ0n) is 5.83. The van der Waals surface area contributed by atoms with Crippen molar-refractivity contribution in [1.29, 1.82) is 0 Å². The minimum atomic E-state index is -0.933. The minimum Gasteiger partial charge on any atom is -0.396 e. The molecule has 0 aliphatic heterocycles. The number of halogens is 2. The number of hydrogen-bond donors (Lipinski definition) is 1. The molecule has 6 heteroatoms. The smallest absolute Gasteiger partial charge is 0.149 e. The zero-order valence-corrected chi connectivity index (χ0v) is 5.83. The van der Waals surface area contributed by atoms with E-state index in [1.54, 1.807) is 0 Å². The number of hydrogen-bond acceptors (Lipinski definition) is 2. The molecule has 4 nitrogen and oxygen atoms in total. The van der Waals surface area contributed by atoms with E-state index in [1.807, 2.05) is 0 Å². The molecule has 0 amide bonds. The van der Waals surface area contributed by atoms with Crippen LogP contribution in [0.5, 0.6) is 0 Å². The van der Waals surface area contributed by atoms with E-state index in [0.29, 0.717) is 6.07 Å². The largest absolute Gasteiger partial charge is 0.396 e. The second-order valence-corrected chi connectivity index (χ2v) is 2.01. The second-order valence-electron chi connectivity index (χ2n) is 2.01. The fourth-order valence-corrected chi connectivity index (χ4v) is 0.702. The van der Waals surface area contributed by atoms with Gasteiger partial charge in [0, 0.05) is 11.0 Å². The number of nitrogens with zero attached hydrogens (tertiary/aromatic N) is 3. The first kappa shape index (κ1) is 8.29. The average molecular weight is 170 g/mol. The fourth-order valence-electron chi connectivity index (χ4n) is 0.702. The standard InChI is InChI=1S/C6H4F2N4/c7-3-1-4(8)6(9)5(2-3)11-12-10/h1-2H,9H2. The lowest BCUT2D eigenvalue weighted by Crippen LogP contribution is -1.91. The predicted octanol–water partition coefficient (Wildman–Crippen LogP) is 2.49. The van der Waals surface area contributed by atoms with Crippen molar-refractivity contribution >= 4 is 11.4 Å². The monoisotopic (exact) mass is 170 g/mol. The van der Waals surface area contributed by atoms with Gasteiger partial charge >= 0.3 is 0 Å². The summed E-state index contributed by atoms with van der Waals surface area (Å²) >= 11 is 0. The van der Waals surface area contributed by atoms with E-state index in [0.717, 1.165) is 6.07 Å². The highest BCUT2D eigenvalue weighted by molar-refractivity contribution is 5.62. The van der Waals surface area contributed by atoms with Crippen LogP contribution in [0.15, 0.2) is 17.2 Å². The van der Waals surface area contributed by atoms with Crippen molar-refractivity contribution in [2.45, 2.75) is 0 Å².